The molecule has 3 heterocycles. The van der Waals surface area contributed by atoms with Gasteiger partial charge in [-0.2, -0.15) is 4.31 Å². The van der Waals surface area contributed by atoms with E-state index in [4.69, 9.17) is 13.6 Å². The molecule has 10 nitrogen and oxygen atoms in total. The largest absolute Gasteiger partial charge is 0.497 e. The van der Waals surface area contributed by atoms with E-state index in [9.17, 15) is 13.2 Å². The highest BCUT2D eigenvalue weighted by atomic mass is 79.9. The molecular formula is C19H19BrN4O6S. The summed E-state index contributed by atoms with van der Waals surface area (Å²) >= 11 is 3.19. The zero-order valence-corrected chi connectivity index (χ0v) is 18.8. The molecule has 1 fully saturated rings. The molecule has 3 aromatic rings. The Morgan fingerprint density at radius 1 is 1.13 bits per heavy atom. The molecular weight excluding hydrogens is 492 g/mol. The molecule has 0 radical (unpaired) electrons. The van der Waals surface area contributed by atoms with Crippen LogP contribution >= 0.6 is 15.9 Å². The molecule has 1 aromatic carbocycles. The average Bonchev–Trinajstić information content (AvgIpc) is 3.42. The summed E-state index contributed by atoms with van der Waals surface area (Å²) in [6.45, 7) is 0.476. The molecule has 0 spiro atoms. The highest BCUT2D eigenvalue weighted by Crippen LogP contribution is 2.27. The van der Waals surface area contributed by atoms with Crippen molar-refractivity contribution in [1.29, 1.82) is 0 Å². The van der Waals surface area contributed by atoms with Crippen LogP contribution in [0.1, 0.15) is 12.8 Å². The second-order valence-corrected chi connectivity index (χ2v) is 9.58. The first-order valence-electron chi connectivity index (χ1n) is 9.41. The van der Waals surface area contributed by atoms with E-state index in [0.29, 0.717) is 29.0 Å². The number of carbonyl (C=O) groups excluding carboxylic acids is 1. The smallest absolute Gasteiger partial charge is 0.322 e. The number of methoxy groups -OCH3 is 1. The van der Waals surface area contributed by atoms with Gasteiger partial charge in [-0.05, 0) is 65.2 Å². The standard InChI is InChI=1S/C19H19BrN4O6S/c1-28-13-2-4-14(5-3-13)31(26,27)24-10-8-12(9-11-24)17(25)21-19-23-22-18(30-19)15-6-7-16(20)29-15/h2-7,12H,8-11H2,1H3,(H,21,23,25). The van der Waals surface area contributed by atoms with Crippen molar-refractivity contribution in [2.45, 2.75) is 17.7 Å². The van der Waals surface area contributed by atoms with Gasteiger partial charge in [-0.15, -0.1) is 5.10 Å². The molecule has 1 saturated heterocycles. The van der Waals surface area contributed by atoms with Gasteiger partial charge in [0.1, 0.15) is 5.75 Å². The van der Waals surface area contributed by atoms with Gasteiger partial charge in [0.05, 0.1) is 12.0 Å². The van der Waals surface area contributed by atoms with Gasteiger partial charge in [0.25, 0.3) is 5.89 Å². The van der Waals surface area contributed by atoms with Crippen LogP contribution in [0.3, 0.4) is 0 Å². The summed E-state index contributed by atoms with van der Waals surface area (Å²) in [5, 5.41) is 10.2. The van der Waals surface area contributed by atoms with E-state index in [1.165, 1.54) is 23.5 Å². The number of aromatic nitrogens is 2. The number of sulfonamides is 1. The Kier molecular flexibility index (Phi) is 6.12. The second kappa shape index (κ2) is 8.81. The topological polar surface area (TPSA) is 128 Å². The fourth-order valence-electron chi connectivity index (χ4n) is 3.27. The number of carbonyl (C=O) groups is 1. The first-order valence-corrected chi connectivity index (χ1v) is 11.6. The van der Waals surface area contributed by atoms with Crippen molar-refractivity contribution in [3.63, 3.8) is 0 Å². The Morgan fingerprint density at radius 3 is 2.45 bits per heavy atom. The van der Waals surface area contributed by atoms with Gasteiger partial charge in [-0.1, -0.05) is 5.10 Å². The summed E-state index contributed by atoms with van der Waals surface area (Å²) in [5.41, 5.74) is 0. The van der Waals surface area contributed by atoms with Gasteiger partial charge in [-0.25, -0.2) is 8.42 Å². The lowest BCUT2D eigenvalue weighted by atomic mass is 9.97. The van der Waals surface area contributed by atoms with Crippen LogP contribution < -0.4 is 10.1 Å². The molecule has 0 saturated carbocycles. The van der Waals surface area contributed by atoms with Gasteiger partial charge in [0.2, 0.25) is 15.9 Å². The highest BCUT2D eigenvalue weighted by molar-refractivity contribution is 9.10. The van der Waals surface area contributed by atoms with Crippen molar-refractivity contribution in [2.75, 3.05) is 25.5 Å². The monoisotopic (exact) mass is 510 g/mol. The lowest BCUT2D eigenvalue weighted by molar-refractivity contribution is -0.121. The fourth-order valence-corrected chi connectivity index (χ4v) is 5.04. The van der Waals surface area contributed by atoms with Gasteiger partial charge >= 0.3 is 6.01 Å². The quantitative estimate of drug-likeness (QED) is 0.535. The highest BCUT2D eigenvalue weighted by Gasteiger charge is 2.32. The van der Waals surface area contributed by atoms with Crippen molar-refractivity contribution in [3.8, 4) is 17.4 Å². The van der Waals surface area contributed by atoms with Crippen LogP contribution in [0.2, 0.25) is 0 Å². The van der Waals surface area contributed by atoms with Crippen LogP contribution in [0, 0.1) is 5.92 Å². The Morgan fingerprint density at radius 2 is 1.84 bits per heavy atom. The lowest BCUT2D eigenvalue weighted by Crippen LogP contribution is -2.41. The number of benzene rings is 1. The third kappa shape index (κ3) is 4.65. The minimum Gasteiger partial charge on any atom is -0.497 e. The minimum absolute atomic E-state index is 0.0409. The summed E-state index contributed by atoms with van der Waals surface area (Å²) in [4.78, 5) is 12.8. The number of rotatable bonds is 6. The molecule has 2 aromatic heterocycles. The summed E-state index contributed by atoms with van der Waals surface area (Å²) < 4.78 is 43.4. The molecule has 0 atom stereocenters. The number of nitrogens with zero attached hydrogens (tertiary/aromatic N) is 3. The second-order valence-electron chi connectivity index (χ2n) is 6.86. The third-order valence-electron chi connectivity index (χ3n) is 4.96. The lowest BCUT2D eigenvalue weighted by Gasteiger charge is -2.30. The summed E-state index contributed by atoms with van der Waals surface area (Å²) in [5.74, 6) is 0.435. The number of furan rings is 1. The van der Waals surface area contributed by atoms with E-state index in [-0.39, 0.29) is 41.7 Å². The summed E-state index contributed by atoms with van der Waals surface area (Å²) in [6.07, 6.45) is 0.765. The molecule has 0 aliphatic carbocycles. The van der Waals surface area contributed by atoms with E-state index in [2.05, 4.69) is 31.4 Å². The van der Waals surface area contributed by atoms with Gasteiger partial charge in [-0.3, -0.25) is 10.1 Å². The van der Waals surface area contributed by atoms with Crippen LogP contribution in [-0.4, -0.2) is 49.0 Å². The predicted molar refractivity (Wildman–Crippen MR) is 113 cm³/mol. The molecule has 1 N–H and O–H groups in total. The molecule has 1 aliphatic heterocycles. The van der Waals surface area contributed by atoms with Crippen molar-refractivity contribution >= 4 is 37.9 Å². The number of hydrogen-bond donors (Lipinski definition) is 1. The summed E-state index contributed by atoms with van der Waals surface area (Å²) in [7, 11) is -2.11. The Balaban J connectivity index is 1.35. The van der Waals surface area contributed by atoms with Crippen LogP contribution in [-0.2, 0) is 14.8 Å². The van der Waals surface area contributed by atoms with E-state index in [0.717, 1.165) is 0 Å². The number of anilines is 1. The van der Waals surface area contributed by atoms with Crippen LogP contribution in [0.5, 0.6) is 5.75 Å². The molecule has 1 amide bonds. The minimum atomic E-state index is -3.63. The number of piperidine rings is 1. The molecule has 1 aliphatic rings. The van der Waals surface area contributed by atoms with E-state index < -0.39 is 10.0 Å². The van der Waals surface area contributed by atoms with Gasteiger partial charge < -0.3 is 13.6 Å². The van der Waals surface area contributed by atoms with Crippen LogP contribution in [0.15, 0.2) is 54.8 Å². The maximum absolute atomic E-state index is 12.8. The maximum Gasteiger partial charge on any atom is 0.322 e. The number of ether oxygens (including phenoxy) is 1. The number of hydrogen-bond acceptors (Lipinski definition) is 8. The fraction of sp³-hybridized carbons (Fsp3) is 0.316. The Hall–Kier alpha value is -2.70. The SMILES string of the molecule is COc1ccc(S(=O)(=O)N2CCC(C(=O)Nc3nnc(-c4ccc(Br)o4)o3)CC2)cc1. The zero-order valence-electron chi connectivity index (χ0n) is 16.4. The van der Waals surface area contributed by atoms with E-state index >= 15 is 0 Å². The molecule has 12 heteroatoms. The van der Waals surface area contributed by atoms with Crippen molar-refractivity contribution in [3.05, 3.63) is 41.1 Å². The Labute approximate surface area is 186 Å². The number of nitrogens with one attached hydrogen (secondary N) is 1. The van der Waals surface area contributed by atoms with Crippen LogP contribution in [0.25, 0.3) is 11.7 Å². The normalized spacial score (nSPS) is 15.7. The number of amides is 1. The molecule has 0 unspecified atom stereocenters. The molecule has 31 heavy (non-hydrogen) atoms. The molecule has 164 valence electrons. The Bertz CT molecular complexity index is 1170. The van der Waals surface area contributed by atoms with E-state index in [1.54, 1.807) is 24.3 Å². The van der Waals surface area contributed by atoms with E-state index in [1.807, 2.05) is 0 Å². The molecule has 4 rings (SSSR count). The first kappa shape index (κ1) is 21.5. The van der Waals surface area contributed by atoms with Gasteiger partial charge in [0, 0.05) is 19.0 Å². The third-order valence-corrected chi connectivity index (χ3v) is 7.30. The maximum atomic E-state index is 12.8. The first-order chi connectivity index (χ1) is 14.9. The zero-order chi connectivity index (χ0) is 22.0. The van der Waals surface area contributed by atoms with Crippen LogP contribution in [0.4, 0.5) is 6.01 Å². The predicted octanol–water partition coefficient (Wildman–Crippen LogP) is 3.14. The van der Waals surface area contributed by atoms with Gasteiger partial charge in [0.15, 0.2) is 10.4 Å². The molecule has 0 bridgehead atoms. The summed E-state index contributed by atoms with van der Waals surface area (Å²) in [6, 6.07) is 9.53. The van der Waals surface area contributed by atoms with Crippen molar-refractivity contribution in [1.82, 2.24) is 14.5 Å². The van der Waals surface area contributed by atoms with Crippen molar-refractivity contribution < 1.29 is 26.8 Å². The average molecular weight is 511 g/mol. The number of halogens is 1. The van der Waals surface area contributed by atoms with Crippen molar-refractivity contribution in [2.24, 2.45) is 5.92 Å².